The van der Waals surface area contributed by atoms with Crippen molar-refractivity contribution < 1.29 is 147 Å². The summed E-state index contributed by atoms with van der Waals surface area (Å²) in [7, 11) is 2.52. The largest absolute Gasteiger partial charge is 0.396 e. The summed E-state index contributed by atoms with van der Waals surface area (Å²) in [5.41, 5.74) is -0.765. The van der Waals surface area contributed by atoms with E-state index in [1.807, 2.05) is 6.92 Å². The maximum atomic E-state index is 12.5. The molecule has 33 nitrogen and oxygen atoms in total. The number of methoxy groups -OCH3 is 2. The molecule has 0 aromatic heterocycles. The second-order valence-electron chi connectivity index (χ2n) is 21.0. The molecule has 0 aliphatic rings. The minimum atomic E-state index is -1.82. The first-order valence-corrected chi connectivity index (χ1v) is 29.6. The number of hydrogen-bond acceptors (Lipinski definition) is 30. The maximum Gasteiger partial charge on any atom is 0.222 e. The molecule has 0 aromatic carbocycles. The van der Waals surface area contributed by atoms with Crippen molar-refractivity contribution in [2.45, 2.75) is 121 Å². The van der Waals surface area contributed by atoms with Gasteiger partial charge < -0.3 is 149 Å². The van der Waals surface area contributed by atoms with Gasteiger partial charge in [-0.15, -0.1) is 0 Å². The van der Waals surface area contributed by atoms with Gasteiger partial charge in [0, 0.05) is 96.1 Å². The molecule has 0 aliphatic carbocycles. The van der Waals surface area contributed by atoms with Crippen molar-refractivity contribution in [3.63, 3.8) is 0 Å². The van der Waals surface area contributed by atoms with Crippen LogP contribution in [0.4, 0.5) is 0 Å². The molecular formula is C55H109N3O30. The number of ether oxygens (including phenoxy) is 14. The lowest BCUT2D eigenvalue weighted by atomic mass is 9.94. The first-order valence-electron chi connectivity index (χ1n) is 29.6. The molecule has 0 fully saturated rings. The van der Waals surface area contributed by atoms with Gasteiger partial charge in [-0.1, -0.05) is 27.7 Å². The molecular weight excluding hydrogens is 1180 g/mol. The van der Waals surface area contributed by atoms with Crippen LogP contribution < -0.4 is 16.0 Å². The number of aliphatic hydroxyl groups excluding tert-OH is 13. The predicted octanol–water partition coefficient (Wildman–Crippen LogP) is -6.89. The highest BCUT2D eigenvalue weighted by atomic mass is 16.7. The fourth-order valence-electron chi connectivity index (χ4n) is 7.41. The zero-order valence-electron chi connectivity index (χ0n) is 52.1. The van der Waals surface area contributed by atoms with Crippen molar-refractivity contribution >= 4 is 17.7 Å². The molecule has 15 unspecified atom stereocenters. The average molecular weight is 1290 g/mol. The Morgan fingerprint density at radius 1 is 0.341 bits per heavy atom. The van der Waals surface area contributed by atoms with Gasteiger partial charge in [0.1, 0.15) is 36.6 Å². The normalized spacial score (nSPS) is 17.9. The minimum Gasteiger partial charge on any atom is -0.396 e. The second-order valence-corrected chi connectivity index (χ2v) is 21.0. The molecule has 16 N–H and O–H groups in total. The van der Waals surface area contributed by atoms with Crippen molar-refractivity contribution in [3.8, 4) is 0 Å². The Balaban J connectivity index is 4.76. The molecule has 0 saturated carbocycles. The Labute approximate surface area is 515 Å². The van der Waals surface area contributed by atoms with Gasteiger partial charge in [0.25, 0.3) is 0 Å². The number of rotatable bonds is 62. The van der Waals surface area contributed by atoms with E-state index in [4.69, 9.17) is 71.4 Å². The average Bonchev–Trinajstić information content (AvgIpc) is 3.73. The molecule has 3 amide bonds. The molecule has 0 saturated heterocycles. The van der Waals surface area contributed by atoms with Crippen LogP contribution in [0.5, 0.6) is 0 Å². The van der Waals surface area contributed by atoms with Crippen molar-refractivity contribution in [2.75, 3.05) is 192 Å². The van der Waals surface area contributed by atoms with E-state index in [-0.39, 0.29) is 195 Å². The summed E-state index contributed by atoms with van der Waals surface area (Å²) >= 11 is 0. The van der Waals surface area contributed by atoms with E-state index in [9.17, 15) is 75.7 Å². The van der Waals surface area contributed by atoms with Crippen LogP contribution in [-0.4, -0.2) is 350 Å². The Kier molecular flexibility index (Phi) is 52.2. The highest BCUT2D eigenvalue weighted by Gasteiger charge is 2.37. The van der Waals surface area contributed by atoms with Crippen LogP contribution in [0.2, 0.25) is 0 Å². The van der Waals surface area contributed by atoms with Crippen LogP contribution in [0.25, 0.3) is 0 Å². The SMILES string of the molecule is COC(OCCOCCOCCNC(=O)CCOCC(C)(COCCC(=O)NCCOCCOCCOC(O)C(O)C(O)C(O)C(C)CO)COCCC(=O)NCCOCCOCCOC(OC)C(O)C(O)C(O)C(C)CO)C(O)C(O)C(O)C(C)CO. The summed E-state index contributed by atoms with van der Waals surface area (Å²) in [5.74, 6) is -2.98. The first-order chi connectivity index (χ1) is 42.0. The van der Waals surface area contributed by atoms with Crippen LogP contribution in [0, 0.1) is 23.2 Å². The number of aliphatic hydroxyl groups is 13. The minimum absolute atomic E-state index is 0.00853. The first kappa shape index (κ1) is 85.3. The smallest absolute Gasteiger partial charge is 0.222 e. The lowest BCUT2D eigenvalue weighted by Gasteiger charge is -2.30. The predicted molar refractivity (Wildman–Crippen MR) is 307 cm³/mol. The monoisotopic (exact) mass is 1290 g/mol. The topological polar surface area (TPSA) is 480 Å². The maximum absolute atomic E-state index is 12.5. The molecule has 15 atom stereocenters. The van der Waals surface area contributed by atoms with E-state index < -0.39 is 117 Å². The molecule has 0 aliphatic heterocycles. The van der Waals surface area contributed by atoms with Gasteiger partial charge in [-0.2, -0.15) is 0 Å². The number of carbonyl (C=O) groups excluding carboxylic acids is 3. The molecule has 0 radical (unpaired) electrons. The van der Waals surface area contributed by atoms with Gasteiger partial charge in [-0.3, -0.25) is 14.4 Å². The number of carbonyl (C=O) groups is 3. The second kappa shape index (κ2) is 53.8. The summed E-state index contributed by atoms with van der Waals surface area (Å²) in [6.45, 7) is 7.92. The van der Waals surface area contributed by atoms with E-state index in [1.54, 1.807) is 0 Å². The third-order valence-electron chi connectivity index (χ3n) is 13.2. The van der Waals surface area contributed by atoms with Gasteiger partial charge in [0.2, 0.25) is 17.7 Å². The third-order valence-corrected chi connectivity index (χ3v) is 13.2. The number of amides is 3. The van der Waals surface area contributed by atoms with Gasteiger partial charge in [0.05, 0.1) is 157 Å². The summed E-state index contributed by atoms with van der Waals surface area (Å²) < 4.78 is 76.3. The quantitative estimate of drug-likeness (QED) is 0.0199. The van der Waals surface area contributed by atoms with E-state index in [0.29, 0.717) is 0 Å². The Hall–Kier alpha value is -2.67. The molecule has 0 spiro atoms. The molecule has 524 valence electrons. The standard InChI is InChI=1S/C55H109N3O30/c1-37(31-59)43(65)46(68)49(71)52(74)86-28-25-80-22-19-77-16-10-56-40(62)7-13-83-34-55(4,35-84-14-8-41(63)57-11-17-78-20-23-81-26-29-87-53(75-5)50(72)47(69)44(66)38(2)32-60)36-85-15-9-42(64)58-12-18-79-21-24-82-27-30-88-54(76-6)51(73)48(70)45(67)39(3)33-61/h37-39,43-54,59-61,65-74H,7-36H2,1-6H3,(H,56,62)(H,57,63)(H,58,64). The molecule has 0 bridgehead atoms. The highest BCUT2D eigenvalue weighted by Crippen LogP contribution is 2.20. The van der Waals surface area contributed by atoms with Crippen molar-refractivity contribution in [3.05, 3.63) is 0 Å². The van der Waals surface area contributed by atoms with Crippen LogP contribution in [-0.2, 0) is 80.7 Å². The van der Waals surface area contributed by atoms with Crippen molar-refractivity contribution in [2.24, 2.45) is 23.2 Å². The fraction of sp³-hybridized carbons (Fsp3) is 0.945. The Morgan fingerprint density at radius 2 is 0.602 bits per heavy atom. The summed E-state index contributed by atoms with van der Waals surface area (Å²) in [5, 5.41) is 137. The number of hydrogen-bond donors (Lipinski definition) is 16. The summed E-state index contributed by atoms with van der Waals surface area (Å²) in [4.78, 5) is 37.6. The highest BCUT2D eigenvalue weighted by molar-refractivity contribution is 5.76. The molecule has 33 heteroatoms. The number of nitrogens with one attached hydrogen (secondary N) is 3. The zero-order valence-corrected chi connectivity index (χ0v) is 52.1. The Morgan fingerprint density at radius 3 is 0.886 bits per heavy atom. The lowest BCUT2D eigenvalue weighted by Crippen LogP contribution is -2.49. The zero-order chi connectivity index (χ0) is 66.1. The molecule has 0 aromatic rings. The van der Waals surface area contributed by atoms with Crippen LogP contribution in [0.3, 0.4) is 0 Å². The Bertz CT molecular complexity index is 1600. The van der Waals surface area contributed by atoms with Crippen LogP contribution in [0.15, 0.2) is 0 Å². The van der Waals surface area contributed by atoms with Gasteiger partial charge in [-0.05, 0) is 0 Å². The summed E-state index contributed by atoms with van der Waals surface area (Å²) in [6, 6.07) is 0. The summed E-state index contributed by atoms with van der Waals surface area (Å²) in [6.07, 6.45) is -18.5. The van der Waals surface area contributed by atoms with Gasteiger partial charge in [0.15, 0.2) is 18.9 Å². The van der Waals surface area contributed by atoms with Crippen molar-refractivity contribution in [1.29, 1.82) is 0 Å². The third kappa shape index (κ3) is 40.3. The molecule has 0 rings (SSSR count). The van der Waals surface area contributed by atoms with Crippen molar-refractivity contribution in [1.82, 2.24) is 16.0 Å². The van der Waals surface area contributed by atoms with E-state index >= 15 is 0 Å². The van der Waals surface area contributed by atoms with Crippen LogP contribution in [0.1, 0.15) is 47.0 Å². The lowest BCUT2D eigenvalue weighted by molar-refractivity contribution is -0.222. The fourth-order valence-corrected chi connectivity index (χ4v) is 7.41. The van der Waals surface area contributed by atoms with Gasteiger partial charge >= 0.3 is 0 Å². The molecule has 0 heterocycles. The van der Waals surface area contributed by atoms with E-state index in [2.05, 4.69) is 16.0 Å². The van der Waals surface area contributed by atoms with E-state index in [1.165, 1.54) is 35.0 Å². The van der Waals surface area contributed by atoms with Crippen LogP contribution >= 0.6 is 0 Å². The van der Waals surface area contributed by atoms with Gasteiger partial charge in [-0.25, -0.2) is 0 Å². The van der Waals surface area contributed by atoms with E-state index in [0.717, 1.165) is 0 Å². The molecule has 88 heavy (non-hydrogen) atoms.